The van der Waals surface area contributed by atoms with E-state index in [0.29, 0.717) is 11.3 Å². The topological polar surface area (TPSA) is 70.1 Å². The SMILES string of the molecule is N=Cc1ccc(CO)cc1N. The predicted molar refractivity (Wildman–Crippen MR) is 44.7 cm³/mol. The summed E-state index contributed by atoms with van der Waals surface area (Å²) >= 11 is 0. The third-order valence-corrected chi connectivity index (χ3v) is 1.49. The van der Waals surface area contributed by atoms with Gasteiger partial charge >= 0.3 is 0 Å². The number of hydrogen-bond donors (Lipinski definition) is 3. The smallest absolute Gasteiger partial charge is 0.0682 e. The van der Waals surface area contributed by atoms with Gasteiger partial charge < -0.3 is 16.2 Å². The summed E-state index contributed by atoms with van der Waals surface area (Å²) < 4.78 is 0. The van der Waals surface area contributed by atoms with Crippen LogP contribution in [0.15, 0.2) is 18.2 Å². The molecule has 58 valence electrons. The highest BCUT2D eigenvalue weighted by molar-refractivity contribution is 5.84. The maximum Gasteiger partial charge on any atom is 0.0682 e. The van der Waals surface area contributed by atoms with Crippen molar-refractivity contribution in [3.8, 4) is 0 Å². The molecule has 0 heterocycles. The number of nitrogens with one attached hydrogen (secondary N) is 1. The van der Waals surface area contributed by atoms with Crippen molar-refractivity contribution in [2.45, 2.75) is 6.61 Å². The molecule has 0 spiro atoms. The molecule has 1 aromatic carbocycles. The number of nitrogen functional groups attached to an aromatic ring is 1. The van der Waals surface area contributed by atoms with Gasteiger partial charge in [-0.05, 0) is 11.6 Å². The van der Waals surface area contributed by atoms with Crippen molar-refractivity contribution < 1.29 is 5.11 Å². The Kier molecular flexibility index (Phi) is 2.23. The molecule has 0 fully saturated rings. The lowest BCUT2D eigenvalue weighted by Gasteiger charge is -2.00. The lowest BCUT2D eigenvalue weighted by Crippen LogP contribution is -1.94. The first-order chi connectivity index (χ1) is 5.27. The van der Waals surface area contributed by atoms with E-state index in [1.165, 1.54) is 6.21 Å². The molecule has 11 heavy (non-hydrogen) atoms. The van der Waals surface area contributed by atoms with Gasteiger partial charge in [0.15, 0.2) is 0 Å². The van der Waals surface area contributed by atoms with Crippen LogP contribution in [0, 0.1) is 5.41 Å². The van der Waals surface area contributed by atoms with Crippen LogP contribution in [0.4, 0.5) is 5.69 Å². The summed E-state index contributed by atoms with van der Waals surface area (Å²) in [6.07, 6.45) is 1.19. The van der Waals surface area contributed by atoms with E-state index >= 15 is 0 Å². The van der Waals surface area contributed by atoms with Gasteiger partial charge in [-0.1, -0.05) is 12.1 Å². The highest BCUT2D eigenvalue weighted by atomic mass is 16.3. The molecule has 0 saturated heterocycles. The van der Waals surface area contributed by atoms with Crippen LogP contribution in [-0.4, -0.2) is 11.3 Å². The van der Waals surface area contributed by atoms with Crippen molar-refractivity contribution in [2.24, 2.45) is 0 Å². The first-order valence-electron chi connectivity index (χ1n) is 3.27. The minimum atomic E-state index is -0.0114. The van der Waals surface area contributed by atoms with Gasteiger partial charge in [-0.25, -0.2) is 0 Å². The van der Waals surface area contributed by atoms with Crippen LogP contribution in [0.5, 0.6) is 0 Å². The summed E-state index contributed by atoms with van der Waals surface area (Å²) in [6, 6.07) is 5.13. The van der Waals surface area contributed by atoms with Gasteiger partial charge in [-0.15, -0.1) is 0 Å². The fourth-order valence-electron chi connectivity index (χ4n) is 0.854. The van der Waals surface area contributed by atoms with Crippen LogP contribution in [0.1, 0.15) is 11.1 Å². The highest BCUT2D eigenvalue weighted by Gasteiger charge is 1.95. The summed E-state index contributed by atoms with van der Waals surface area (Å²) in [7, 11) is 0. The summed E-state index contributed by atoms with van der Waals surface area (Å²) in [5, 5.41) is 15.7. The lowest BCUT2D eigenvalue weighted by atomic mass is 10.1. The second-order valence-electron chi connectivity index (χ2n) is 2.27. The Hall–Kier alpha value is -1.35. The van der Waals surface area contributed by atoms with Gasteiger partial charge in [0, 0.05) is 17.5 Å². The molecule has 0 atom stereocenters. The minimum absolute atomic E-state index is 0.0114. The number of aliphatic hydroxyl groups excluding tert-OH is 1. The summed E-state index contributed by atoms with van der Waals surface area (Å²) in [6.45, 7) is -0.0114. The number of hydrogen-bond acceptors (Lipinski definition) is 3. The zero-order chi connectivity index (χ0) is 8.27. The molecule has 0 aliphatic heterocycles. The van der Waals surface area contributed by atoms with E-state index in [-0.39, 0.29) is 6.61 Å². The van der Waals surface area contributed by atoms with E-state index in [2.05, 4.69) is 0 Å². The van der Waals surface area contributed by atoms with Gasteiger partial charge in [0.05, 0.1) is 6.61 Å². The second kappa shape index (κ2) is 3.16. The van der Waals surface area contributed by atoms with Crippen LogP contribution >= 0.6 is 0 Å². The number of aliphatic hydroxyl groups is 1. The van der Waals surface area contributed by atoms with Crippen molar-refractivity contribution in [3.63, 3.8) is 0 Å². The van der Waals surface area contributed by atoms with E-state index in [0.717, 1.165) is 5.56 Å². The molecule has 0 aromatic heterocycles. The number of rotatable bonds is 2. The Balaban J connectivity index is 3.09. The molecule has 3 heteroatoms. The molecule has 0 amide bonds. The first kappa shape index (κ1) is 7.75. The quantitative estimate of drug-likeness (QED) is 0.430. The third-order valence-electron chi connectivity index (χ3n) is 1.49. The Morgan fingerprint density at radius 1 is 1.55 bits per heavy atom. The molecule has 1 rings (SSSR count). The normalized spacial score (nSPS) is 9.55. The Labute approximate surface area is 65.0 Å². The van der Waals surface area contributed by atoms with E-state index in [1.807, 2.05) is 0 Å². The van der Waals surface area contributed by atoms with Crippen LogP contribution in [-0.2, 0) is 6.61 Å². The first-order valence-corrected chi connectivity index (χ1v) is 3.27. The zero-order valence-electron chi connectivity index (χ0n) is 6.04. The monoisotopic (exact) mass is 150 g/mol. The van der Waals surface area contributed by atoms with Crippen molar-refractivity contribution >= 4 is 11.9 Å². The van der Waals surface area contributed by atoms with Crippen molar-refractivity contribution in [1.29, 1.82) is 5.41 Å². The summed E-state index contributed by atoms with van der Waals surface area (Å²) in [4.78, 5) is 0. The highest BCUT2D eigenvalue weighted by Crippen LogP contribution is 2.11. The van der Waals surface area contributed by atoms with Gasteiger partial charge in [0.25, 0.3) is 0 Å². The Morgan fingerprint density at radius 2 is 2.27 bits per heavy atom. The number of benzene rings is 1. The molecule has 0 unspecified atom stereocenters. The van der Waals surface area contributed by atoms with Crippen LogP contribution in [0.3, 0.4) is 0 Å². The second-order valence-corrected chi connectivity index (χ2v) is 2.27. The maximum atomic E-state index is 8.71. The minimum Gasteiger partial charge on any atom is -0.398 e. The van der Waals surface area contributed by atoms with E-state index in [9.17, 15) is 0 Å². The average Bonchev–Trinajstić information content (AvgIpc) is 2.04. The fraction of sp³-hybridized carbons (Fsp3) is 0.125. The molecule has 3 nitrogen and oxygen atoms in total. The third kappa shape index (κ3) is 1.56. The Bertz CT molecular complexity index is 271. The molecule has 0 bridgehead atoms. The van der Waals surface area contributed by atoms with Crippen molar-refractivity contribution in [2.75, 3.05) is 5.73 Å². The number of anilines is 1. The molecular formula is C8H10N2O. The van der Waals surface area contributed by atoms with Gasteiger partial charge in [0.2, 0.25) is 0 Å². The van der Waals surface area contributed by atoms with Gasteiger partial charge in [-0.2, -0.15) is 0 Å². The van der Waals surface area contributed by atoms with Crippen LogP contribution in [0.2, 0.25) is 0 Å². The molecule has 0 radical (unpaired) electrons. The van der Waals surface area contributed by atoms with Crippen LogP contribution < -0.4 is 5.73 Å². The zero-order valence-corrected chi connectivity index (χ0v) is 6.04. The van der Waals surface area contributed by atoms with Crippen molar-refractivity contribution in [1.82, 2.24) is 0 Å². The van der Waals surface area contributed by atoms with Gasteiger partial charge in [-0.3, -0.25) is 0 Å². The summed E-state index contributed by atoms with van der Waals surface area (Å²) in [5.41, 5.74) is 7.53. The van der Waals surface area contributed by atoms with E-state index in [1.54, 1.807) is 18.2 Å². The predicted octanol–water partition coefficient (Wildman–Crippen LogP) is 0.759. The van der Waals surface area contributed by atoms with E-state index in [4.69, 9.17) is 16.2 Å². The summed E-state index contributed by atoms with van der Waals surface area (Å²) in [5.74, 6) is 0. The number of nitrogens with two attached hydrogens (primary N) is 1. The van der Waals surface area contributed by atoms with E-state index < -0.39 is 0 Å². The van der Waals surface area contributed by atoms with Crippen LogP contribution in [0.25, 0.3) is 0 Å². The molecule has 0 saturated carbocycles. The standard InChI is InChI=1S/C8H10N2O/c9-4-7-2-1-6(5-11)3-8(7)10/h1-4,9,11H,5,10H2. The fourth-order valence-corrected chi connectivity index (χ4v) is 0.854. The largest absolute Gasteiger partial charge is 0.398 e. The van der Waals surface area contributed by atoms with Gasteiger partial charge in [0.1, 0.15) is 0 Å². The molecular weight excluding hydrogens is 140 g/mol. The average molecular weight is 150 g/mol. The molecule has 4 N–H and O–H groups in total. The lowest BCUT2D eigenvalue weighted by molar-refractivity contribution is 0.282. The Morgan fingerprint density at radius 3 is 2.73 bits per heavy atom. The molecule has 0 aliphatic carbocycles. The molecule has 1 aromatic rings. The van der Waals surface area contributed by atoms with Crippen molar-refractivity contribution in [3.05, 3.63) is 29.3 Å². The maximum absolute atomic E-state index is 8.71. The molecule has 0 aliphatic rings.